The number of rotatable bonds is 5. The van der Waals surface area contributed by atoms with E-state index in [0.29, 0.717) is 0 Å². The Kier molecular flexibility index (Phi) is 5.84. The van der Waals surface area contributed by atoms with Crippen molar-refractivity contribution in [1.29, 1.82) is 0 Å². The molecule has 0 radical (unpaired) electrons. The molecule has 1 saturated heterocycles. The van der Waals surface area contributed by atoms with Crippen LogP contribution in [-0.4, -0.2) is 77.1 Å². The van der Waals surface area contributed by atoms with E-state index in [1.165, 1.54) is 38.5 Å². The number of fused-ring (bicyclic) bond motifs is 2. The van der Waals surface area contributed by atoms with E-state index in [1.807, 2.05) is 0 Å². The molecule has 2 heterocycles. The number of ether oxygens (including phenoxy) is 4. The molecule has 0 saturated carbocycles. The largest absolute Gasteiger partial charge is 0.508 e. The van der Waals surface area contributed by atoms with E-state index in [0.717, 1.165) is 0 Å². The van der Waals surface area contributed by atoms with Gasteiger partial charge >= 0.3 is 0 Å². The Morgan fingerprint density at radius 1 is 1.00 bits per heavy atom. The first-order valence-electron chi connectivity index (χ1n) is 9.62. The predicted molar refractivity (Wildman–Crippen MR) is 109 cm³/mol. The summed E-state index contributed by atoms with van der Waals surface area (Å²) in [5.74, 6) is -0.194. The summed E-state index contributed by atoms with van der Waals surface area (Å²) in [5.41, 5.74) is -0.261. The van der Waals surface area contributed by atoms with Gasteiger partial charge in [0.05, 0.1) is 26.2 Å². The van der Waals surface area contributed by atoms with E-state index >= 15 is 0 Å². The second-order valence-electron chi connectivity index (χ2n) is 7.24. The van der Waals surface area contributed by atoms with Crippen molar-refractivity contribution in [2.75, 3.05) is 20.8 Å². The maximum absolute atomic E-state index is 13.2. The first kappa shape index (κ1) is 22.1. The van der Waals surface area contributed by atoms with Crippen molar-refractivity contribution in [3.63, 3.8) is 0 Å². The molecular formula is C21H22O11. The number of benzene rings is 2. The zero-order valence-corrected chi connectivity index (χ0v) is 17.1. The van der Waals surface area contributed by atoms with Crippen molar-refractivity contribution < 1.29 is 48.9 Å². The highest BCUT2D eigenvalue weighted by Gasteiger charge is 2.45. The van der Waals surface area contributed by atoms with E-state index in [9.17, 15) is 30.3 Å². The minimum absolute atomic E-state index is 0.0514. The molecular weight excluding hydrogens is 428 g/mol. The van der Waals surface area contributed by atoms with E-state index in [-0.39, 0.29) is 44.9 Å². The summed E-state index contributed by atoms with van der Waals surface area (Å²) >= 11 is 0. The highest BCUT2D eigenvalue weighted by atomic mass is 16.7. The van der Waals surface area contributed by atoms with Gasteiger partial charge in [-0.25, -0.2) is 0 Å². The van der Waals surface area contributed by atoms with Crippen molar-refractivity contribution in [3.8, 4) is 23.0 Å². The number of aliphatic hydroxyl groups is 4. The zero-order valence-electron chi connectivity index (χ0n) is 17.1. The fourth-order valence-corrected chi connectivity index (χ4v) is 3.67. The van der Waals surface area contributed by atoms with Crippen molar-refractivity contribution in [1.82, 2.24) is 0 Å². The van der Waals surface area contributed by atoms with Gasteiger partial charge in [0.1, 0.15) is 41.1 Å². The lowest BCUT2D eigenvalue weighted by Gasteiger charge is -2.39. The first-order valence-corrected chi connectivity index (χ1v) is 9.62. The summed E-state index contributed by atoms with van der Waals surface area (Å²) < 4.78 is 27.6. The third-order valence-electron chi connectivity index (χ3n) is 5.33. The normalized spacial score (nSPS) is 25.8. The van der Waals surface area contributed by atoms with Gasteiger partial charge in [-0.05, 0) is 18.2 Å². The molecule has 4 rings (SSSR count). The van der Waals surface area contributed by atoms with Gasteiger partial charge in [0, 0.05) is 6.07 Å². The Labute approximate surface area is 180 Å². The number of hydrogen-bond donors (Lipinski definition) is 5. The summed E-state index contributed by atoms with van der Waals surface area (Å²) in [7, 11) is 2.63. The fraction of sp³-hybridized carbons (Fsp3) is 0.381. The van der Waals surface area contributed by atoms with E-state index in [1.54, 1.807) is 0 Å². The molecule has 2 aromatic carbocycles. The van der Waals surface area contributed by atoms with Gasteiger partial charge in [-0.2, -0.15) is 0 Å². The number of hydrogen-bond acceptors (Lipinski definition) is 11. The molecule has 0 bridgehead atoms. The molecule has 1 aliphatic heterocycles. The SMILES string of the molecule is COc1cc(O[C@H]2O[C@@H](CO)[C@H](O)[C@@H](O)[C@@H]2O)c(OC)c2c(=O)c3cc(O)ccc3oc12. The van der Waals surface area contributed by atoms with Gasteiger partial charge in [-0.15, -0.1) is 0 Å². The van der Waals surface area contributed by atoms with E-state index in [2.05, 4.69) is 0 Å². The van der Waals surface area contributed by atoms with Crippen LogP contribution in [0.3, 0.4) is 0 Å². The molecule has 5 atom stereocenters. The molecule has 1 aliphatic rings. The molecule has 0 aliphatic carbocycles. The lowest BCUT2D eigenvalue weighted by Crippen LogP contribution is -2.60. The highest BCUT2D eigenvalue weighted by molar-refractivity contribution is 5.98. The monoisotopic (exact) mass is 450 g/mol. The van der Waals surface area contributed by atoms with Crippen LogP contribution in [0.5, 0.6) is 23.0 Å². The minimum atomic E-state index is -1.68. The molecule has 1 aromatic heterocycles. The maximum Gasteiger partial charge on any atom is 0.229 e. The summed E-state index contributed by atoms with van der Waals surface area (Å²) in [6.07, 6.45) is -7.60. The quantitative estimate of drug-likeness (QED) is 0.328. The average molecular weight is 450 g/mol. The number of methoxy groups -OCH3 is 2. The van der Waals surface area contributed by atoms with Crippen LogP contribution in [0.25, 0.3) is 21.9 Å². The van der Waals surface area contributed by atoms with Crippen molar-refractivity contribution >= 4 is 21.9 Å². The zero-order chi connectivity index (χ0) is 23.2. The van der Waals surface area contributed by atoms with Gasteiger partial charge in [-0.1, -0.05) is 0 Å². The van der Waals surface area contributed by atoms with Gasteiger partial charge in [0.2, 0.25) is 11.7 Å². The lowest BCUT2D eigenvalue weighted by molar-refractivity contribution is -0.277. The molecule has 3 aromatic rings. The number of phenolic OH excluding ortho intramolecular Hbond substituents is 1. The predicted octanol–water partition coefficient (Wildman–Crippen LogP) is -0.152. The van der Waals surface area contributed by atoms with Crippen LogP contribution in [0.15, 0.2) is 33.5 Å². The molecule has 1 fully saturated rings. The van der Waals surface area contributed by atoms with E-state index < -0.39 is 42.7 Å². The summed E-state index contributed by atoms with van der Waals surface area (Å²) in [4.78, 5) is 13.2. The summed E-state index contributed by atoms with van der Waals surface area (Å²) in [6, 6.07) is 5.41. The first-order chi connectivity index (χ1) is 15.3. The minimum Gasteiger partial charge on any atom is -0.508 e. The van der Waals surface area contributed by atoms with Crippen LogP contribution in [0.1, 0.15) is 0 Å². The van der Waals surface area contributed by atoms with Crippen LogP contribution in [0.4, 0.5) is 0 Å². The van der Waals surface area contributed by atoms with Crippen LogP contribution in [0.2, 0.25) is 0 Å². The van der Waals surface area contributed by atoms with Crippen molar-refractivity contribution in [2.24, 2.45) is 0 Å². The number of aliphatic hydroxyl groups excluding tert-OH is 4. The fourth-order valence-electron chi connectivity index (χ4n) is 3.67. The molecule has 0 unspecified atom stereocenters. The Bertz CT molecular complexity index is 1200. The van der Waals surface area contributed by atoms with Crippen molar-refractivity contribution in [3.05, 3.63) is 34.5 Å². The molecule has 172 valence electrons. The van der Waals surface area contributed by atoms with Gasteiger partial charge in [0.25, 0.3) is 0 Å². The lowest BCUT2D eigenvalue weighted by atomic mass is 9.99. The molecule has 11 nitrogen and oxygen atoms in total. The molecule has 5 N–H and O–H groups in total. The van der Waals surface area contributed by atoms with Crippen LogP contribution >= 0.6 is 0 Å². The molecule has 11 heteroatoms. The Balaban J connectivity index is 1.89. The second-order valence-corrected chi connectivity index (χ2v) is 7.24. The number of phenols is 1. The Morgan fingerprint density at radius 2 is 1.75 bits per heavy atom. The summed E-state index contributed by atoms with van der Waals surface area (Å²) in [5, 5.41) is 49.5. The number of aromatic hydroxyl groups is 1. The molecule has 0 spiro atoms. The summed E-state index contributed by atoms with van der Waals surface area (Å²) in [6.45, 7) is -0.637. The van der Waals surface area contributed by atoms with Crippen LogP contribution in [-0.2, 0) is 4.74 Å². The topological polar surface area (TPSA) is 168 Å². The third-order valence-corrected chi connectivity index (χ3v) is 5.33. The van der Waals surface area contributed by atoms with Gasteiger partial charge in [0.15, 0.2) is 22.8 Å². The van der Waals surface area contributed by atoms with Gasteiger partial charge in [-0.3, -0.25) is 4.79 Å². The second kappa shape index (κ2) is 8.45. The highest BCUT2D eigenvalue weighted by Crippen LogP contribution is 2.42. The Morgan fingerprint density at radius 3 is 2.41 bits per heavy atom. The Hall–Kier alpha value is -3.09. The van der Waals surface area contributed by atoms with Crippen LogP contribution in [0, 0.1) is 0 Å². The van der Waals surface area contributed by atoms with Crippen LogP contribution < -0.4 is 19.6 Å². The molecule has 0 amide bonds. The maximum atomic E-state index is 13.2. The third kappa shape index (κ3) is 3.49. The van der Waals surface area contributed by atoms with E-state index in [4.69, 9.17) is 23.4 Å². The van der Waals surface area contributed by atoms with Crippen molar-refractivity contribution in [2.45, 2.75) is 30.7 Å². The van der Waals surface area contributed by atoms with Gasteiger partial charge < -0.3 is 48.9 Å². The smallest absolute Gasteiger partial charge is 0.229 e. The molecule has 32 heavy (non-hydrogen) atoms. The average Bonchev–Trinajstić information content (AvgIpc) is 2.79. The standard InChI is InChI=1S/C21H22O11/c1-28-11-6-12(31-21-18(27)17(26)16(25)13(7-22)32-21)19(29-2)14-15(24)9-5-8(23)3-4-10(9)30-20(11)14/h3-6,13,16-18,21-23,25-27H,7H2,1-2H3/t13-,16-,17+,18-,21-/m0/s1.